The lowest BCUT2D eigenvalue weighted by atomic mass is 9.94. The molecule has 0 rings (SSSR count). The molecule has 0 aromatic heterocycles. The maximum Gasteiger partial charge on any atom is 0.0520 e. The summed E-state index contributed by atoms with van der Waals surface area (Å²) in [7, 11) is 0. The standard InChI is InChI=1S/C12H24N2.ClH/c1-3-5-6-7-8-9-11(4-2)12(14)10-13;/h10-11,13-14H,3-9H2,1-2H3;1H. The molecule has 0 saturated heterocycles. The predicted molar refractivity (Wildman–Crippen MR) is 70.9 cm³/mol. The molecule has 0 heterocycles. The molecule has 15 heavy (non-hydrogen) atoms. The fourth-order valence-corrected chi connectivity index (χ4v) is 1.69. The quantitative estimate of drug-likeness (QED) is 0.436. The van der Waals surface area contributed by atoms with Crippen molar-refractivity contribution >= 4 is 24.3 Å². The molecular weight excluding hydrogens is 208 g/mol. The maximum atomic E-state index is 7.57. The van der Waals surface area contributed by atoms with E-state index in [1.54, 1.807) is 0 Å². The minimum absolute atomic E-state index is 0. The van der Waals surface area contributed by atoms with E-state index in [1.165, 1.54) is 38.3 Å². The van der Waals surface area contributed by atoms with Crippen molar-refractivity contribution in [3.05, 3.63) is 0 Å². The van der Waals surface area contributed by atoms with Crippen LogP contribution in [0.4, 0.5) is 0 Å². The van der Waals surface area contributed by atoms with Crippen molar-refractivity contribution in [2.45, 2.75) is 58.8 Å². The molecule has 0 amide bonds. The second kappa shape index (κ2) is 11.7. The van der Waals surface area contributed by atoms with Crippen molar-refractivity contribution in [3.8, 4) is 0 Å². The van der Waals surface area contributed by atoms with Crippen LogP contribution in [0.15, 0.2) is 0 Å². The third-order valence-corrected chi connectivity index (χ3v) is 2.74. The highest BCUT2D eigenvalue weighted by molar-refractivity contribution is 6.28. The third-order valence-electron chi connectivity index (χ3n) is 2.74. The molecule has 90 valence electrons. The number of nitrogens with one attached hydrogen (secondary N) is 2. The van der Waals surface area contributed by atoms with Gasteiger partial charge in [0, 0.05) is 12.1 Å². The number of unbranched alkanes of at least 4 members (excludes halogenated alkanes) is 4. The van der Waals surface area contributed by atoms with Gasteiger partial charge in [0.15, 0.2) is 0 Å². The zero-order valence-electron chi connectivity index (χ0n) is 10.0. The van der Waals surface area contributed by atoms with Crippen molar-refractivity contribution in [3.63, 3.8) is 0 Å². The van der Waals surface area contributed by atoms with Gasteiger partial charge in [-0.3, -0.25) is 0 Å². The fourth-order valence-electron chi connectivity index (χ4n) is 1.69. The molecule has 0 spiro atoms. The largest absolute Gasteiger partial charge is 0.307 e. The molecule has 0 aliphatic heterocycles. The second-order valence-electron chi connectivity index (χ2n) is 3.91. The van der Waals surface area contributed by atoms with Crippen LogP contribution in [0.1, 0.15) is 58.8 Å². The average molecular weight is 233 g/mol. The summed E-state index contributed by atoms with van der Waals surface area (Å²) < 4.78 is 0. The van der Waals surface area contributed by atoms with Crippen molar-refractivity contribution in [1.82, 2.24) is 0 Å². The van der Waals surface area contributed by atoms with Crippen molar-refractivity contribution in [2.75, 3.05) is 0 Å². The van der Waals surface area contributed by atoms with E-state index in [0.29, 0.717) is 11.6 Å². The van der Waals surface area contributed by atoms with Gasteiger partial charge in [0.25, 0.3) is 0 Å². The lowest BCUT2D eigenvalue weighted by molar-refractivity contribution is 0.534. The Morgan fingerprint density at radius 2 is 1.73 bits per heavy atom. The average Bonchev–Trinajstić information content (AvgIpc) is 2.22. The first kappa shape index (κ1) is 17.0. The molecule has 1 atom stereocenters. The van der Waals surface area contributed by atoms with Crippen molar-refractivity contribution in [2.24, 2.45) is 5.92 Å². The Labute approximate surface area is 100 Å². The summed E-state index contributed by atoms with van der Waals surface area (Å²) >= 11 is 0. The van der Waals surface area contributed by atoms with E-state index in [2.05, 4.69) is 13.8 Å². The Balaban J connectivity index is 0. The smallest absolute Gasteiger partial charge is 0.0520 e. The van der Waals surface area contributed by atoms with Gasteiger partial charge in [0.2, 0.25) is 0 Å². The van der Waals surface area contributed by atoms with Gasteiger partial charge in [-0.1, -0.05) is 46.0 Å². The zero-order chi connectivity index (χ0) is 10.8. The highest BCUT2D eigenvalue weighted by Crippen LogP contribution is 2.15. The highest BCUT2D eigenvalue weighted by atomic mass is 35.5. The fraction of sp³-hybridized carbons (Fsp3) is 0.833. The SMILES string of the molecule is CCCCCCCC(CC)C(=N)C=N.Cl. The molecule has 0 aromatic rings. The van der Waals surface area contributed by atoms with Crippen LogP contribution in [0.25, 0.3) is 0 Å². The van der Waals surface area contributed by atoms with Gasteiger partial charge in [0.05, 0.1) is 5.71 Å². The molecule has 3 heteroatoms. The molecule has 0 aliphatic rings. The van der Waals surface area contributed by atoms with Crippen LogP contribution < -0.4 is 0 Å². The van der Waals surface area contributed by atoms with Gasteiger partial charge in [-0.05, 0) is 12.8 Å². The molecule has 1 unspecified atom stereocenters. The monoisotopic (exact) mass is 232 g/mol. The summed E-state index contributed by atoms with van der Waals surface area (Å²) in [4.78, 5) is 0. The Bertz CT molecular complexity index is 169. The van der Waals surface area contributed by atoms with Gasteiger partial charge in [-0.2, -0.15) is 0 Å². The van der Waals surface area contributed by atoms with E-state index in [9.17, 15) is 0 Å². The summed E-state index contributed by atoms with van der Waals surface area (Å²) in [5, 5.41) is 14.6. The van der Waals surface area contributed by atoms with E-state index < -0.39 is 0 Å². The molecule has 0 bridgehead atoms. The summed E-state index contributed by atoms with van der Waals surface area (Å²) in [6, 6.07) is 0. The van der Waals surface area contributed by atoms with E-state index in [0.717, 1.165) is 12.8 Å². The molecule has 0 fully saturated rings. The van der Waals surface area contributed by atoms with E-state index >= 15 is 0 Å². The van der Waals surface area contributed by atoms with Crippen molar-refractivity contribution in [1.29, 1.82) is 10.8 Å². The Morgan fingerprint density at radius 3 is 2.20 bits per heavy atom. The molecule has 0 aromatic carbocycles. The topological polar surface area (TPSA) is 47.7 Å². The zero-order valence-corrected chi connectivity index (χ0v) is 10.8. The normalized spacial score (nSPS) is 11.6. The van der Waals surface area contributed by atoms with E-state index in [-0.39, 0.29) is 12.4 Å². The summed E-state index contributed by atoms with van der Waals surface area (Å²) in [6.07, 6.45) is 9.73. The number of hydrogen-bond acceptors (Lipinski definition) is 2. The maximum absolute atomic E-state index is 7.57. The highest BCUT2D eigenvalue weighted by Gasteiger charge is 2.09. The molecule has 0 aliphatic carbocycles. The lowest BCUT2D eigenvalue weighted by Crippen LogP contribution is -2.13. The van der Waals surface area contributed by atoms with Crippen LogP contribution in [-0.4, -0.2) is 11.9 Å². The van der Waals surface area contributed by atoms with Crippen LogP contribution >= 0.6 is 12.4 Å². The van der Waals surface area contributed by atoms with Gasteiger partial charge in [-0.15, -0.1) is 12.4 Å². The first-order valence-corrected chi connectivity index (χ1v) is 5.85. The minimum Gasteiger partial charge on any atom is -0.307 e. The van der Waals surface area contributed by atoms with Gasteiger partial charge >= 0.3 is 0 Å². The Morgan fingerprint density at radius 1 is 1.13 bits per heavy atom. The summed E-state index contributed by atoms with van der Waals surface area (Å²) in [6.45, 7) is 4.33. The minimum atomic E-state index is 0. The predicted octanol–water partition coefficient (Wildman–Crippen LogP) is 4.46. The van der Waals surface area contributed by atoms with Crippen LogP contribution in [0.2, 0.25) is 0 Å². The van der Waals surface area contributed by atoms with Crippen LogP contribution in [-0.2, 0) is 0 Å². The summed E-state index contributed by atoms with van der Waals surface area (Å²) in [5.74, 6) is 0.328. The number of halogens is 1. The number of rotatable bonds is 9. The van der Waals surface area contributed by atoms with Crippen LogP contribution in [0.3, 0.4) is 0 Å². The molecule has 0 radical (unpaired) electrons. The summed E-state index contributed by atoms with van der Waals surface area (Å²) in [5.41, 5.74) is 0.503. The van der Waals surface area contributed by atoms with Crippen LogP contribution in [0, 0.1) is 16.7 Å². The Kier molecular flexibility index (Phi) is 13.3. The number of hydrogen-bond donors (Lipinski definition) is 2. The first-order chi connectivity index (χ1) is 6.76. The van der Waals surface area contributed by atoms with Crippen molar-refractivity contribution < 1.29 is 0 Å². The first-order valence-electron chi connectivity index (χ1n) is 5.85. The third kappa shape index (κ3) is 8.61. The van der Waals surface area contributed by atoms with Gasteiger partial charge in [-0.25, -0.2) is 0 Å². The lowest BCUT2D eigenvalue weighted by Gasteiger charge is -2.12. The van der Waals surface area contributed by atoms with E-state index in [1.807, 2.05) is 0 Å². The van der Waals surface area contributed by atoms with E-state index in [4.69, 9.17) is 10.8 Å². The van der Waals surface area contributed by atoms with Gasteiger partial charge < -0.3 is 10.8 Å². The molecule has 2 nitrogen and oxygen atoms in total. The Hall–Kier alpha value is -0.370. The second-order valence-corrected chi connectivity index (χ2v) is 3.91. The van der Waals surface area contributed by atoms with Gasteiger partial charge in [0.1, 0.15) is 0 Å². The molecular formula is C12H25ClN2. The molecule has 0 saturated carbocycles. The van der Waals surface area contributed by atoms with Crippen LogP contribution in [0.5, 0.6) is 0 Å². The molecule has 2 N–H and O–H groups in total.